The minimum Gasteiger partial charge on any atom is -0.354 e. The molecule has 0 unspecified atom stereocenters. The molecule has 0 radical (unpaired) electrons. The number of fused-ring (bicyclic) bond motifs is 3. The zero-order valence-corrected chi connectivity index (χ0v) is 15.8. The lowest BCUT2D eigenvalue weighted by Gasteiger charge is -2.30. The number of hydrogen-bond donors (Lipinski definition) is 2. The van der Waals surface area contributed by atoms with Crippen molar-refractivity contribution in [2.75, 3.05) is 18.4 Å². The van der Waals surface area contributed by atoms with Crippen molar-refractivity contribution in [1.29, 1.82) is 0 Å². The molecule has 0 atom stereocenters. The standard InChI is InChI=1S/C22H25N3O2/c1-3-15-5-4-6-19-18-8-7-17(13-20(18)24-21(15)19)23-22(27)16-9-11-25(12-10-16)14(2)26/h4-8,13,16,24H,3,9-12H2,1-2H3,(H,23,27). The number of nitrogens with zero attached hydrogens (tertiary/aromatic N) is 1. The molecule has 4 rings (SSSR count). The number of piperidine rings is 1. The lowest BCUT2D eigenvalue weighted by Crippen LogP contribution is -2.40. The fourth-order valence-electron chi connectivity index (χ4n) is 4.06. The maximum atomic E-state index is 12.6. The van der Waals surface area contributed by atoms with Crippen molar-refractivity contribution < 1.29 is 9.59 Å². The van der Waals surface area contributed by atoms with Crippen LogP contribution in [0.2, 0.25) is 0 Å². The summed E-state index contributed by atoms with van der Waals surface area (Å²) in [6.07, 6.45) is 2.42. The van der Waals surface area contributed by atoms with E-state index in [1.165, 1.54) is 21.9 Å². The summed E-state index contributed by atoms with van der Waals surface area (Å²) in [5.41, 5.74) is 4.32. The summed E-state index contributed by atoms with van der Waals surface area (Å²) >= 11 is 0. The molecule has 0 bridgehead atoms. The van der Waals surface area contributed by atoms with Crippen molar-refractivity contribution in [3.8, 4) is 0 Å². The van der Waals surface area contributed by atoms with Gasteiger partial charge in [0.1, 0.15) is 0 Å². The number of carbonyl (C=O) groups excluding carboxylic acids is 2. The number of para-hydroxylation sites is 1. The van der Waals surface area contributed by atoms with E-state index < -0.39 is 0 Å². The third-order valence-corrected chi connectivity index (χ3v) is 5.68. The number of aryl methyl sites for hydroxylation is 1. The van der Waals surface area contributed by atoms with Crippen molar-refractivity contribution in [3.05, 3.63) is 42.0 Å². The molecule has 2 heterocycles. The Kier molecular flexibility index (Phi) is 4.60. The number of rotatable bonds is 3. The van der Waals surface area contributed by atoms with Gasteiger partial charge in [-0.15, -0.1) is 0 Å². The zero-order valence-electron chi connectivity index (χ0n) is 15.8. The molecule has 1 fully saturated rings. The molecular weight excluding hydrogens is 338 g/mol. The summed E-state index contributed by atoms with van der Waals surface area (Å²) in [5, 5.41) is 5.45. The van der Waals surface area contributed by atoms with Gasteiger partial charge < -0.3 is 15.2 Å². The SMILES string of the molecule is CCc1cccc2c1[nH]c1cc(NC(=O)C3CCN(C(C)=O)CC3)ccc12. The first-order valence-electron chi connectivity index (χ1n) is 9.66. The number of anilines is 1. The van der Waals surface area contributed by atoms with E-state index in [9.17, 15) is 9.59 Å². The molecule has 1 aliphatic rings. The third kappa shape index (κ3) is 3.29. The Morgan fingerprint density at radius 2 is 1.93 bits per heavy atom. The molecule has 5 nitrogen and oxygen atoms in total. The molecule has 2 N–H and O–H groups in total. The summed E-state index contributed by atoms with van der Waals surface area (Å²) in [6, 6.07) is 12.4. The Bertz CT molecular complexity index is 1010. The molecule has 1 saturated heterocycles. The average Bonchev–Trinajstić information content (AvgIpc) is 3.05. The highest BCUT2D eigenvalue weighted by Gasteiger charge is 2.26. The van der Waals surface area contributed by atoms with Crippen LogP contribution >= 0.6 is 0 Å². The fraction of sp³-hybridized carbons (Fsp3) is 0.364. The van der Waals surface area contributed by atoms with Gasteiger partial charge in [-0.05, 0) is 37.0 Å². The normalized spacial score (nSPS) is 15.4. The molecule has 2 amide bonds. The molecule has 27 heavy (non-hydrogen) atoms. The van der Waals surface area contributed by atoms with E-state index in [0.717, 1.165) is 30.5 Å². The number of aromatic nitrogens is 1. The van der Waals surface area contributed by atoms with Crippen LogP contribution in [-0.2, 0) is 16.0 Å². The average molecular weight is 363 g/mol. The summed E-state index contributed by atoms with van der Waals surface area (Å²) in [4.78, 5) is 29.4. The number of aromatic amines is 1. The van der Waals surface area contributed by atoms with E-state index in [1.807, 2.05) is 17.0 Å². The third-order valence-electron chi connectivity index (χ3n) is 5.68. The number of carbonyl (C=O) groups is 2. The van der Waals surface area contributed by atoms with E-state index in [1.54, 1.807) is 6.92 Å². The summed E-state index contributed by atoms with van der Waals surface area (Å²) in [6.45, 7) is 5.06. The first-order valence-corrected chi connectivity index (χ1v) is 9.66. The number of likely N-dealkylation sites (tertiary alicyclic amines) is 1. The maximum Gasteiger partial charge on any atom is 0.227 e. The molecule has 0 spiro atoms. The van der Waals surface area contributed by atoms with Gasteiger partial charge in [0.2, 0.25) is 11.8 Å². The van der Waals surface area contributed by atoms with Crippen LogP contribution in [0.15, 0.2) is 36.4 Å². The monoisotopic (exact) mass is 363 g/mol. The number of amides is 2. The topological polar surface area (TPSA) is 65.2 Å². The summed E-state index contributed by atoms with van der Waals surface area (Å²) in [7, 11) is 0. The quantitative estimate of drug-likeness (QED) is 0.736. The van der Waals surface area contributed by atoms with Crippen LogP contribution in [0.1, 0.15) is 32.3 Å². The highest BCUT2D eigenvalue weighted by Crippen LogP contribution is 2.30. The van der Waals surface area contributed by atoms with Gasteiger partial charge in [-0.3, -0.25) is 9.59 Å². The molecule has 3 aromatic rings. The van der Waals surface area contributed by atoms with Crippen molar-refractivity contribution in [2.24, 2.45) is 5.92 Å². The number of nitrogens with one attached hydrogen (secondary N) is 2. The number of H-pyrrole nitrogens is 1. The van der Waals surface area contributed by atoms with Crippen LogP contribution in [0.4, 0.5) is 5.69 Å². The lowest BCUT2D eigenvalue weighted by atomic mass is 9.96. The first-order chi connectivity index (χ1) is 13.1. The minimum atomic E-state index is -0.0364. The number of hydrogen-bond acceptors (Lipinski definition) is 2. The van der Waals surface area contributed by atoms with Crippen LogP contribution in [0.5, 0.6) is 0 Å². The van der Waals surface area contributed by atoms with Gasteiger partial charge in [-0.1, -0.05) is 31.2 Å². The van der Waals surface area contributed by atoms with Gasteiger partial charge in [-0.2, -0.15) is 0 Å². The molecule has 0 saturated carbocycles. The van der Waals surface area contributed by atoms with Gasteiger partial charge in [0.05, 0.1) is 0 Å². The lowest BCUT2D eigenvalue weighted by molar-refractivity contribution is -0.132. The molecule has 5 heteroatoms. The van der Waals surface area contributed by atoms with Crippen molar-refractivity contribution >= 4 is 39.3 Å². The van der Waals surface area contributed by atoms with Crippen LogP contribution in [0, 0.1) is 5.92 Å². The highest BCUT2D eigenvalue weighted by molar-refractivity contribution is 6.09. The van der Waals surface area contributed by atoms with Crippen LogP contribution in [-0.4, -0.2) is 34.8 Å². The largest absolute Gasteiger partial charge is 0.354 e. The van der Waals surface area contributed by atoms with Crippen molar-refractivity contribution in [2.45, 2.75) is 33.1 Å². The molecular formula is C22H25N3O2. The van der Waals surface area contributed by atoms with Crippen molar-refractivity contribution in [3.63, 3.8) is 0 Å². The molecule has 140 valence electrons. The Labute approximate surface area is 158 Å². The minimum absolute atomic E-state index is 0.0364. The predicted octanol–water partition coefficient (Wildman–Crippen LogP) is 4.08. The van der Waals surface area contributed by atoms with Gasteiger partial charge >= 0.3 is 0 Å². The van der Waals surface area contributed by atoms with Gasteiger partial charge in [0.25, 0.3) is 0 Å². The Balaban J connectivity index is 1.53. The smallest absolute Gasteiger partial charge is 0.227 e. The molecule has 0 aliphatic carbocycles. The highest BCUT2D eigenvalue weighted by atomic mass is 16.2. The van der Waals surface area contributed by atoms with E-state index in [-0.39, 0.29) is 17.7 Å². The molecule has 1 aliphatic heterocycles. The maximum absolute atomic E-state index is 12.6. The first kappa shape index (κ1) is 17.6. The fourth-order valence-corrected chi connectivity index (χ4v) is 4.06. The van der Waals surface area contributed by atoms with Gasteiger partial charge in [-0.25, -0.2) is 0 Å². The van der Waals surface area contributed by atoms with E-state index in [0.29, 0.717) is 13.1 Å². The molecule has 2 aromatic carbocycles. The second-order valence-corrected chi connectivity index (χ2v) is 7.35. The molecule has 1 aromatic heterocycles. The van der Waals surface area contributed by atoms with E-state index in [4.69, 9.17) is 0 Å². The van der Waals surface area contributed by atoms with E-state index >= 15 is 0 Å². The summed E-state index contributed by atoms with van der Waals surface area (Å²) in [5.74, 6) is 0.0955. The Hall–Kier alpha value is -2.82. The Morgan fingerprint density at radius 3 is 2.63 bits per heavy atom. The van der Waals surface area contributed by atoms with Crippen LogP contribution in [0.3, 0.4) is 0 Å². The Morgan fingerprint density at radius 1 is 1.15 bits per heavy atom. The predicted molar refractivity (Wildman–Crippen MR) is 109 cm³/mol. The summed E-state index contributed by atoms with van der Waals surface area (Å²) < 4.78 is 0. The second kappa shape index (κ2) is 7.06. The van der Waals surface area contributed by atoms with Crippen LogP contribution < -0.4 is 5.32 Å². The van der Waals surface area contributed by atoms with Gasteiger partial charge in [0, 0.05) is 53.4 Å². The van der Waals surface area contributed by atoms with E-state index in [2.05, 4.69) is 41.5 Å². The van der Waals surface area contributed by atoms with Crippen molar-refractivity contribution in [1.82, 2.24) is 9.88 Å². The zero-order chi connectivity index (χ0) is 19.0. The number of benzene rings is 2. The van der Waals surface area contributed by atoms with Crippen LogP contribution in [0.25, 0.3) is 21.8 Å². The second-order valence-electron chi connectivity index (χ2n) is 7.35. The van der Waals surface area contributed by atoms with Gasteiger partial charge in [0.15, 0.2) is 0 Å².